The van der Waals surface area contributed by atoms with E-state index in [1.54, 1.807) is 11.0 Å². The topological polar surface area (TPSA) is 53.7 Å². The van der Waals surface area contributed by atoms with Crippen LogP contribution in [-0.4, -0.2) is 35.1 Å². The van der Waals surface area contributed by atoms with Crippen LogP contribution in [0.2, 0.25) is 0 Å². The summed E-state index contributed by atoms with van der Waals surface area (Å²) in [6.45, 7) is 2.81. The summed E-state index contributed by atoms with van der Waals surface area (Å²) >= 11 is 0. The number of furan rings is 1. The molecule has 0 aromatic carbocycles. The van der Waals surface area contributed by atoms with Crippen LogP contribution in [0.25, 0.3) is 0 Å². The lowest BCUT2D eigenvalue weighted by Crippen LogP contribution is -2.39. The van der Waals surface area contributed by atoms with Gasteiger partial charge in [0.2, 0.25) is 0 Å². The van der Waals surface area contributed by atoms with Crippen molar-refractivity contribution in [1.29, 1.82) is 0 Å². The minimum atomic E-state index is -0.0489. The van der Waals surface area contributed by atoms with Gasteiger partial charge in [0.25, 0.3) is 5.91 Å². The molecule has 1 aliphatic rings. The zero-order valence-corrected chi connectivity index (χ0v) is 8.72. The molecule has 0 saturated carbocycles. The molecule has 1 N–H and O–H groups in total. The quantitative estimate of drug-likeness (QED) is 0.794. The number of hydrogen-bond donors (Lipinski definition) is 1. The number of amides is 1. The molecule has 1 aliphatic heterocycles. The summed E-state index contributed by atoms with van der Waals surface area (Å²) in [5, 5.41) is 9.24. The number of likely N-dealkylation sites (tertiary alicyclic amines) is 1. The monoisotopic (exact) mass is 209 g/mol. The van der Waals surface area contributed by atoms with Gasteiger partial charge in [0.15, 0.2) is 0 Å². The highest BCUT2D eigenvalue weighted by molar-refractivity contribution is 5.94. The Morgan fingerprint density at radius 1 is 1.73 bits per heavy atom. The van der Waals surface area contributed by atoms with Gasteiger partial charge in [-0.15, -0.1) is 0 Å². The molecule has 1 amide bonds. The van der Waals surface area contributed by atoms with Gasteiger partial charge in [-0.1, -0.05) is 6.92 Å². The average molecular weight is 209 g/mol. The maximum absolute atomic E-state index is 12.0. The second-order valence-corrected chi connectivity index (χ2v) is 4.03. The van der Waals surface area contributed by atoms with Crippen molar-refractivity contribution in [2.75, 3.05) is 13.2 Å². The third-order valence-corrected chi connectivity index (χ3v) is 3.10. The maximum atomic E-state index is 12.0. The van der Waals surface area contributed by atoms with E-state index in [9.17, 15) is 9.90 Å². The van der Waals surface area contributed by atoms with E-state index in [-0.39, 0.29) is 18.6 Å². The summed E-state index contributed by atoms with van der Waals surface area (Å²) in [6.07, 6.45) is 3.88. The minimum absolute atomic E-state index is 0.0325. The Hall–Kier alpha value is -1.29. The van der Waals surface area contributed by atoms with Crippen LogP contribution in [0.3, 0.4) is 0 Å². The smallest absolute Gasteiger partial charge is 0.257 e. The van der Waals surface area contributed by atoms with Crippen molar-refractivity contribution in [3.05, 3.63) is 24.2 Å². The second-order valence-electron chi connectivity index (χ2n) is 4.03. The Bertz CT molecular complexity index is 334. The highest BCUT2D eigenvalue weighted by Gasteiger charge is 2.34. The summed E-state index contributed by atoms with van der Waals surface area (Å²) in [5.41, 5.74) is 0.558. The van der Waals surface area contributed by atoms with Crippen LogP contribution in [0.1, 0.15) is 23.7 Å². The Kier molecular flexibility index (Phi) is 2.77. The fourth-order valence-corrected chi connectivity index (χ4v) is 2.09. The third-order valence-electron chi connectivity index (χ3n) is 3.10. The van der Waals surface area contributed by atoms with E-state index in [0.717, 1.165) is 13.0 Å². The first-order valence-corrected chi connectivity index (χ1v) is 5.18. The first-order valence-electron chi connectivity index (χ1n) is 5.18. The number of aliphatic hydroxyl groups excluding tert-OH is 1. The molecule has 1 fully saturated rings. The van der Waals surface area contributed by atoms with E-state index in [0.29, 0.717) is 11.5 Å². The highest BCUT2D eigenvalue weighted by atomic mass is 16.3. The van der Waals surface area contributed by atoms with Crippen molar-refractivity contribution < 1.29 is 14.3 Å². The summed E-state index contributed by atoms with van der Waals surface area (Å²) in [6, 6.07) is 1.60. The molecule has 0 spiro atoms. The van der Waals surface area contributed by atoms with E-state index in [4.69, 9.17) is 4.42 Å². The fourth-order valence-electron chi connectivity index (χ4n) is 2.09. The molecule has 2 heterocycles. The summed E-state index contributed by atoms with van der Waals surface area (Å²) in [4.78, 5) is 13.7. The molecule has 0 radical (unpaired) electrons. The van der Waals surface area contributed by atoms with Crippen LogP contribution in [0.5, 0.6) is 0 Å². The zero-order chi connectivity index (χ0) is 10.8. The molecule has 4 heteroatoms. The number of nitrogens with zero attached hydrogens (tertiary/aromatic N) is 1. The normalized spacial score (nSPS) is 25.9. The number of rotatable bonds is 2. The van der Waals surface area contributed by atoms with Gasteiger partial charge in [-0.05, 0) is 18.4 Å². The lowest BCUT2D eigenvalue weighted by molar-refractivity contribution is 0.0647. The van der Waals surface area contributed by atoms with Gasteiger partial charge < -0.3 is 14.4 Å². The lowest BCUT2D eigenvalue weighted by atomic mass is 10.0. The second kappa shape index (κ2) is 4.06. The van der Waals surface area contributed by atoms with Crippen molar-refractivity contribution in [3.63, 3.8) is 0 Å². The molecular formula is C11H15NO3. The van der Waals surface area contributed by atoms with Crippen LogP contribution in [0.4, 0.5) is 0 Å². The molecule has 1 saturated heterocycles. The van der Waals surface area contributed by atoms with E-state index in [2.05, 4.69) is 6.92 Å². The third kappa shape index (κ3) is 1.77. The number of hydrogen-bond acceptors (Lipinski definition) is 3. The number of aliphatic hydroxyl groups is 1. The summed E-state index contributed by atoms with van der Waals surface area (Å²) < 4.78 is 4.88. The predicted molar refractivity (Wildman–Crippen MR) is 54.4 cm³/mol. The molecule has 2 rings (SSSR count). The van der Waals surface area contributed by atoms with Gasteiger partial charge in [0.05, 0.1) is 24.5 Å². The Balaban J connectivity index is 2.14. The molecule has 1 aromatic heterocycles. The van der Waals surface area contributed by atoms with Crippen LogP contribution in [0, 0.1) is 5.92 Å². The molecule has 82 valence electrons. The molecule has 2 atom stereocenters. The van der Waals surface area contributed by atoms with Crippen LogP contribution < -0.4 is 0 Å². The van der Waals surface area contributed by atoms with Gasteiger partial charge >= 0.3 is 0 Å². The van der Waals surface area contributed by atoms with E-state index < -0.39 is 0 Å². The van der Waals surface area contributed by atoms with Crippen molar-refractivity contribution in [2.24, 2.45) is 5.92 Å². The molecule has 0 bridgehead atoms. The van der Waals surface area contributed by atoms with Gasteiger partial charge in [0, 0.05) is 6.54 Å². The van der Waals surface area contributed by atoms with E-state index in [1.807, 2.05) is 0 Å². The van der Waals surface area contributed by atoms with Crippen molar-refractivity contribution in [3.8, 4) is 0 Å². The van der Waals surface area contributed by atoms with E-state index in [1.165, 1.54) is 12.5 Å². The van der Waals surface area contributed by atoms with Crippen molar-refractivity contribution in [2.45, 2.75) is 19.4 Å². The number of carbonyl (C=O) groups is 1. The van der Waals surface area contributed by atoms with Crippen molar-refractivity contribution >= 4 is 5.91 Å². The van der Waals surface area contributed by atoms with Crippen LogP contribution in [-0.2, 0) is 0 Å². The van der Waals surface area contributed by atoms with Crippen LogP contribution in [0.15, 0.2) is 23.0 Å². The highest BCUT2D eigenvalue weighted by Crippen LogP contribution is 2.25. The summed E-state index contributed by atoms with van der Waals surface area (Å²) in [5.74, 6) is 0.318. The molecule has 2 unspecified atom stereocenters. The first-order chi connectivity index (χ1) is 7.24. The van der Waals surface area contributed by atoms with Gasteiger partial charge in [0.1, 0.15) is 6.26 Å². The van der Waals surface area contributed by atoms with Gasteiger partial charge in [-0.2, -0.15) is 0 Å². The molecule has 1 aromatic rings. The standard InChI is InChI=1S/C11H15NO3/c1-8-2-4-12(10(8)6-13)11(14)9-3-5-15-7-9/h3,5,7-8,10,13H,2,4,6H2,1H3. The van der Waals surface area contributed by atoms with Crippen molar-refractivity contribution in [1.82, 2.24) is 4.90 Å². The molecule has 4 nitrogen and oxygen atoms in total. The average Bonchev–Trinajstić information content (AvgIpc) is 2.85. The van der Waals surface area contributed by atoms with Gasteiger partial charge in [-0.25, -0.2) is 0 Å². The molecule has 0 aliphatic carbocycles. The fraction of sp³-hybridized carbons (Fsp3) is 0.545. The minimum Gasteiger partial charge on any atom is -0.472 e. The largest absolute Gasteiger partial charge is 0.472 e. The molecular weight excluding hydrogens is 194 g/mol. The Labute approximate surface area is 88.5 Å². The zero-order valence-electron chi connectivity index (χ0n) is 8.72. The first kappa shape index (κ1) is 10.2. The van der Waals surface area contributed by atoms with E-state index >= 15 is 0 Å². The molecule has 15 heavy (non-hydrogen) atoms. The Morgan fingerprint density at radius 2 is 2.53 bits per heavy atom. The maximum Gasteiger partial charge on any atom is 0.257 e. The lowest BCUT2D eigenvalue weighted by Gasteiger charge is -2.24. The number of carbonyl (C=O) groups excluding carboxylic acids is 1. The summed E-state index contributed by atoms with van der Waals surface area (Å²) in [7, 11) is 0. The Morgan fingerprint density at radius 3 is 3.13 bits per heavy atom. The van der Waals surface area contributed by atoms with Gasteiger partial charge in [-0.3, -0.25) is 4.79 Å². The van der Waals surface area contributed by atoms with Crippen LogP contribution >= 0.6 is 0 Å². The SMILES string of the molecule is CC1CCN(C(=O)c2ccoc2)C1CO. The predicted octanol–water partition coefficient (Wildman–Crippen LogP) is 1.12.